The number of nitrogens with one attached hydrogen (secondary N) is 1. The van der Waals surface area contributed by atoms with Gasteiger partial charge in [-0.2, -0.15) is 4.98 Å². The van der Waals surface area contributed by atoms with Crippen LogP contribution in [0.2, 0.25) is 0 Å². The second-order valence-corrected chi connectivity index (χ2v) is 4.59. The summed E-state index contributed by atoms with van der Waals surface area (Å²) in [5, 5.41) is 7.30. The Labute approximate surface area is 95.6 Å². The summed E-state index contributed by atoms with van der Waals surface area (Å²) < 4.78 is 10.9. The molecule has 1 aliphatic rings. The molecule has 1 unspecified atom stereocenters. The normalized spacial score (nSPS) is 21.6. The molecule has 1 fully saturated rings. The van der Waals surface area contributed by atoms with Crippen LogP contribution in [-0.2, 0) is 10.3 Å². The summed E-state index contributed by atoms with van der Waals surface area (Å²) in [6.45, 7) is 8.47. The van der Waals surface area contributed by atoms with Crippen LogP contribution in [-0.4, -0.2) is 29.8 Å². The Bertz CT molecular complexity index is 343. The van der Waals surface area contributed by atoms with Crippen molar-refractivity contribution in [2.45, 2.75) is 38.7 Å². The average molecular weight is 225 g/mol. The standard InChI is InChI=1S/C11H19N3O2/c1-4-15-11(2,3)10-13-9(16-14-10)8-5-6-12-7-8/h8,12H,4-7H2,1-3H3. The molecule has 1 saturated heterocycles. The Morgan fingerprint density at radius 2 is 2.38 bits per heavy atom. The van der Waals surface area contributed by atoms with Gasteiger partial charge in [-0.1, -0.05) is 5.16 Å². The predicted molar refractivity (Wildman–Crippen MR) is 59.2 cm³/mol. The lowest BCUT2D eigenvalue weighted by Crippen LogP contribution is -2.23. The van der Waals surface area contributed by atoms with Gasteiger partial charge in [0.25, 0.3) is 0 Å². The highest BCUT2D eigenvalue weighted by molar-refractivity contribution is 5.02. The van der Waals surface area contributed by atoms with Crippen molar-refractivity contribution < 1.29 is 9.26 Å². The second kappa shape index (κ2) is 4.51. The first-order valence-corrected chi connectivity index (χ1v) is 5.82. The van der Waals surface area contributed by atoms with Gasteiger partial charge in [0.05, 0.1) is 5.92 Å². The number of aromatic nitrogens is 2. The Balaban J connectivity index is 2.12. The lowest BCUT2D eigenvalue weighted by molar-refractivity contribution is -0.0221. The van der Waals surface area contributed by atoms with E-state index < -0.39 is 5.60 Å². The van der Waals surface area contributed by atoms with E-state index in [1.54, 1.807) is 0 Å². The van der Waals surface area contributed by atoms with Gasteiger partial charge in [-0.3, -0.25) is 0 Å². The number of hydrogen-bond acceptors (Lipinski definition) is 5. The Kier molecular flexibility index (Phi) is 3.25. The molecule has 0 radical (unpaired) electrons. The maximum absolute atomic E-state index is 5.59. The van der Waals surface area contributed by atoms with Gasteiger partial charge in [-0.05, 0) is 33.7 Å². The highest BCUT2D eigenvalue weighted by Crippen LogP contribution is 2.25. The molecule has 1 N–H and O–H groups in total. The van der Waals surface area contributed by atoms with Crippen molar-refractivity contribution in [3.05, 3.63) is 11.7 Å². The van der Waals surface area contributed by atoms with Crippen molar-refractivity contribution in [3.8, 4) is 0 Å². The third-order valence-corrected chi connectivity index (χ3v) is 2.89. The van der Waals surface area contributed by atoms with E-state index in [1.165, 1.54) is 0 Å². The SMILES string of the molecule is CCOC(C)(C)c1noc(C2CCNC2)n1. The van der Waals surface area contributed by atoms with Crippen LogP contribution in [0, 0.1) is 0 Å². The number of ether oxygens (including phenoxy) is 1. The molecule has 1 aromatic heterocycles. The Hall–Kier alpha value is -0.940. The molecule has 2 heterocycles. The molecular formula is C11H19N3O2. The maximum atomic E-state index is 5.59. The van der Waals surface area contributed by atoms with E-state index in [1.807, 2.05) is 20.8 Å². The quantitative estimate of drug-likeness (QED) is 0.839. The predicted octanol–water partition coefficient (Wildman–Crippen LogP) is 1.42. The Morgan fingerprint density at radius 3 is 3.00 bits per heavy atom. The van der Waals surface area contributed by atoms with Crippen LogP contribution in [0.25, 0.3) is 0 Å². The molecule has 90 valence electrons. The molecule has 16 heavy (non-hydrogen) atoms. The van der Waals surface area contributed by atoms with E-state index in [4.69, 9.17) is 9.26 Å². The van der Waals surface area contributed by atoms with Crippen LogP contribution < -0.4 is 5.32 Å². The summed E-state index contributed by atoms with van der Waals surface area (Å²) in [6.07, 6.45) is 1.07. The smallest absolute Gasteiger partial charge is 0.231 e. The third-order valence-electron chi connectivity index (χ3n) is 2.89. The molecule has 2 rings (SSSR count). The molecule has 0 spiro atoms. The largest absolute Gasteiger partial charge is 0.368 e. The monoisotopic (exact) mass is 225 g/mol. The Morgan fingerprint density at radius 1 is 1.56 bits per heavy atom. The van der Waals surface area contributed by atoms with Crippen molar-refractivity contribution >= 4 is 0 Å². The second-order valence-electron chi connectivity index (χ2n) is 4.59. The van der Waals surface area contributed by atoms with Crippen LogP contribution in [0.4, 0.5) is 0 Å². The molecule has 0 aliphatic carbocycles. The first-order valence-electron chi connectivity index (χ1n) is 5.82. The molecule has 5 heteroatoms. The minimum Gasteiger partial charge on any atom is -0.368 e. The minimum atomic E-state index is -0.470. The van der Waals surface area contributed by atoms with Gasteiger partial charge in [0.2, 0.25) is 11.7 Å². The van der Waals surface area contributed by atoms with Crippen LogP contribution in [0.15, 0.2) is 4.52 Å². The van der Waals surface area contributed by atoms with Gasteiger partial charge in [0, 0.05) is 13.2 Å². The molecule has 0 saturated carbocycles. The zero-order valence-corrected chi connectivity index (χ0v) is 10.1. The number of rotatable bonds is 4. The lowest BCUT2D eigenvalue weighted by atomic mass is 10.1. The van der Waals surface area contributed by atoms with E-state index in [0.29, 0.717) is 18.3 Å². The van der Waals surface area contributed by atoms with Gasteiger partial charge < -0.3 is 14.6 Å². The molecule has 0 amide bonds. The van der Waals surface area contributed by atoms with E-state index in [-0.39, 0.29) is 0 Å². The van der Waals surface area contributed by atoms with Gasteiger partial charge in [0.1, 0.15) is 5.60 Å². The molecular weight excluding hydrogens is 206 g/mol. The fourth-order valence-corrected chi connectivity index (χ4v) is 1.94. The summed E-state index contributed by atoms with van der Waals surface area (Å²) in [7, 11) is 0. The zero-order valence-electron chi connectivity index (χ0n) is 10.1. The van der Waals surface area contributed by atoms with Crippen molar-refractivity contribution in [2.75, 3.05) is 19.7 Å². The molecule has 1 aromatic rings. The van der Waals surface area contributed by atoms with E-state index in [9.17, 15) is 0 Å². The highest BCUT2D eigenvalue weighted by atomic mass is 16.5. The van der Waals surface area contributed by atoms with Crippen molar-refractivity contribution in [2.24, 2.45) is 0 Å². The van der Waals surface area contributed by atoms with Crippen molar-refractivity contribution in [1.29, 1.82) is 0 Å². The summed E-state index contributed by atoms with van der Waals surface area (Å²) in [6, 6.07) is 0. The van der Waals surface area contributed by atoms with E-state index in [0.717, 1.165) is 25.4 Å². The number of hydrogen-bond donors (Lipinski definition) is 1. The average Bonchev–Trinajstić information content (AvgIpc) is 2.89. The highest BCUT2D eigenvalue weighted by Gasteiger charge is 2.30. The summed E-state index contributed by atoms with van der Waals surface area (Å²) >= 11 is 0. The first-order chi connectivity index (χ1) is 7.63. The van der Waals surface area contributed by atoms with E-state index in [2.05, 4.69) is 15.5 Å². The molecule has 5 nitrogen and oxygen atoms in total. The summed E-state index contributed by atoms with van der Waals surface area (Å²) in [4.78, 5) is 4.44. The summed E-state index contributed by atoms with van der Waals surface area (Å²) in [5.74, 6) is 1.72. The molecule has 1 atom stereocenters. The van der Waals surface area contributed by atoms with E-state index >= 15 is 0 Å². The third kappa shape index (κ3) is 2.25. The van der Waals surface area contributed by atoms with Crippen LogP contribution in [0.3, 0.4) is 0 Å². The fourth-order valence-electron chi connectivity index (χ4n) is 1.94. The number of nitrogens with zero attached hydrogens (tertiary/aromatic N) is 2. The zero-order chi connectivity index (χ0) is 11.6. The maximum Gasteiger partial charge on any atom is 0.231 e. The lowest BCUT2D eigenvalue weighted by Gasteiger charge is -2.19. The summed E-state index contributed by atoms with van der Waals surface area (Å²) in [5.41, 5.74) is -0.470. The molecule has 0 bridgehead atoms. The minimum absolute atomic E-state index is 0.360. The molecule has 0 aromatic carbocycles. The first kappa shape index (κ1) is 11.5. The van der Waals surface area contributed by atoms with Crippen LogP contribution >= 0.6 is 0 Å². The molecule has 1 aliphatic heterocycles. The van der Waals surface area contributed by atoms with Gasteiger partial charge in [-0.15, -0.1) is 0 Å². The van der Waals surface area contributed by atoms with Gasteiger partial charge in [-0.25, -0.2) is 0 Å². The van der Waals surface area contributed by atoms with Gasteiger partial charge in [0.15, 0.2) is 0 Å². The van der Waals surface area contributed by atoms with Crippen LogP contribution in [0.1, 0.15) is 44.8 Å². The van der Waals surface area contributed by atoms with Crippen molar-refractivity contribution in [1.82, 2.24) is 15.5 Å². The van der Waals surface area contributed by atoms with Gasteiger partial charge >= 0.3 is 0 Å². The van der Waals surface area contributed by atoms with Crippen LogP contribution in [0.5, 0.6) is 0 Å². The fraction of sp³-hybridized carbons (Fsp3) is 0.818. The topological polar surface area (TPSA) is 60.2 Å². The van der Waals surface area contributed by atoms with Crippen molar-refractivity contribution in [3.63, 3.8) is 0 Å².